The van der Waals surface area contributed by atoms with E-state index >= 15 is 0 Å². The van der Waals surface area contributed by atoms with E-state index in [2.05, 4.69) is 5.32 Å². The summed E-state index contributed by atoms with van der Waals surface area (Å²) in [5.74, 6) is 0.157. The third kappa shape index (κ3) is 10.8. The topological polar surface area (TPSA) is 97.3 Å². The summed E-state index contributed by atoms with van der Waals surface area (Å²) < 4.78 is 16.9. The zero-order chi connectivity index (χ0) is 28.9. The SMILES string of the molecule is CCOC(Cc1ccc(OCCN(CCCOc2cc(Cl)cc(Cl)c2)C(=O)Nc2ccc(Cl)cc2)cc1)C(=O)O. The molecule has 0 fully saturated rings. The third-order valence-electron chi connectivity index (χ3n) is 5.68. The molecule has 214 valence electrons. The number of ether oxygens (including phenoxy) is 3. The van der Waals surface area contributed by atoms with Crippen LogP contribution in [0.2, 0.25) is 15.1 Å². The summed E-state index contributed by atoms with van der Waals surface area (Å²) in [6.45, 7) is 3.40. The molecule has 0 bridgehead atoms. The lowest BCUT2D eigenvalue weighted by molar-refractivity contribution is -0.149. The number of carbonyl (C=O) groups excluding carboxylic acids is 1. The highest BCUT2D eigenvalue weighted by atomic mass is 35.5. The number of halogens is 3. The summed E-state index contributed by atoms with van der Waals surface area (Å²) in [6, 6.07) is 18.7. The number of rotatable bonds is 15. The minimum Gasteiger partial charge on any atom is -0.493 e. The molecule has 3 aromatic rings. The summed E-state index contributed by atoms with van der Waals surface area (Å²) in [7, 11) is 0. The molecule has 0 radical (unpaired) electrons. The number of carbonyl (C=O) groups is 2. The molecule has 2 N–H and O–H groups in total. The molecule has 0 aliphatic carbocycles. The van der Waals surface area contributed by atoms with Crippen LogP contribution in [0.1, 0.15) is 18.9 Å². The number of urea groups is 1. The van der Waals surface area contributed by atoms with Gasteiger partial charge in [0.25, 0.3) is 0 Å². The van der Waals surface area contributed by atoms with Gasteiger partial charge in [-0.2, -0.15) is 0 Å². The van der Waals surface area contributed by atoms with E-state index in [0.29, 0.717) is 65.0 Å². The Kier molecular flexibility index (Phi) is 12.7. The first kappa shape index (κ1) is 31.4. The maximum atomic E-state index is 13.0. The van der Waals surface area contributed by atoms with E-state index in [1.54, 1.807) is 78.6 Å². The van der Waals surface area contributed by atoms with E-state index in [-0.39, 0.29) is 19.1 Å². The first-order valence-electron chi connectivity index (χ1n) is 12.7. The maximum absolute atomic E-state index is 13.0. The number of hydrogen-bond donors (Lipinski definition) is 2. The van der Waals surface area contributed by atoms with Gasteiger partial charge in [0.05, 0.1) is 13.2 Å². The van der Waals surface area contributed by atoms with Gasteiger partial charge in [-0.1, -0.05) is 46.9 Å². The van der Waals surface area contributed by atoms with Crippen molar-refractivity contribution in [3.8, 4) is 11.5 Å². The molecule has 0 spiro atoms. The van der Waals surface area contributed by atoms with Crippen LogP contribution in [0.3, 0.4) is 0 Å². The maximum Gasteiger partial charge on any atom is 0.333 e. The van der Waals surface area contributed by atoms with Crippen LogP contribution in [0.4, 0.5) is 10.5 Å². The van der Waals surface area contributed by atoms with Crippen molar-refractivity contribution in [1.82, 2.24) is 4.90 Å². The molecular formula is C29H31Cl3N2O6. The average molecular weight is 610 g/mol. The lowest BCUT2D eigenvalue weighted by atomic mass is 10.1. The molecule has 40 heavy (non-hydrogen) atoms. The first-order valence-corrected chi connectivity index (χ1v) is 13.8. The number of nitrogens with one attached hydrogen (secondary N) is 1. The second kappa shape index (κ2) is 16.2. The third-order valence-corrected chi connectivity index (χ3v) is 6.37. The van der Waals surface area contributed by atoms with E-state index in [1.165, 1.54) is 0 Å². The van der Waals surface area contributed by atoms with Crippen molar-refractivity contribution in [3.63, 3.8) is 0 Å². The largest absolute Gasteiger partial charge is 0.493 e. The van der Waals surface area contributed by atoms with E-state index in [4.69, 9.17) is 49.0 Å². The molecule has 0 heterocycles. The number of benzene rings is 3. The van der Waals surface area contributed by atoms with Crippen molar-refractivity contribution in [2.24, 2.45) is 0 Å². The summed E-state index contributed by atoms with van der Waals surface area (Å²) in [5.41, 5.74) is 1.44. The smallest absolute Gasteiger partial charge is 0.333 e. The van der Waals surface area contributed by atoms with Gasteiger partial charge in [0.15, 0.2) is 6.10 Å². The molecule has 0 aliphatic rings. The molecule has 11 heteroatoms. The number of anilines is 1. The quantitative estimate of drug-likeness (QED) is 0.179. The lowest BCUT2D eigenvalue weighted by Crippen LogP contribution is -2.39. The Balaban J connectivity index is 1.55. The van der Waals surface area contributed by atoms with Crippen molar-refractivity contribution >= 4 is 52.5 Å². The van der Waals surface area contributed by atoms with Crippen LogP contribution in [0, 0.1) is 0 Å². The highest BCUT2D eigenvalue weighted by molar-refractivity contribution is 6.34. The Morgan fingerprint density at radius 3 is 2.12 bits per heavy atom. The van der Waals surface area contributed by atoms with Crippen LogP contribution < -0.4 is 14.8 Å². The fourth-order valence-electron chi connectivity index (χ4n) is 3.74. The van der Waals surface area contributed by atoms with Gasteiger partial charge < -0.3 is 29.5 Å². The molecule has 1 unspecified atom stereocenters. The Bertz CT molecular complexity index is 1220. The van der Waals surface area contributed by atoms with E-state index in [0.717, 1.165) is 5.56 Å². The molecule has 0 aliphatic heterocycles. The number of carboxylic acid groups (broad SMARTS) is 1. The molecule has 0 aromatic heterocycles. The molecule has 2 amide bonds. The summed E-state index contributed by atoms with van der Waals surface area (Å²) in [5, 5.41) is 13.7. The Morgan fingerprint density at radius 2 is 1.50 bits per heavy atom. The average Bonchev–Trinajstić information content (AvgIpc) is 2.91. The summed E-state index contributed by atoms with van der Waals surface area (Å²) >= 11 is 18.0. The van der Waals surface area contributed by atoms with Crippen LogP contribution in [0.5, 0.6) is 11.5 Å². The molecule has 3 aromatic carbocycles. The number of nitrogens with zero attached hydrogens (tertiary/aromatic N) is 1. The van der Waals surface area contributed by atoms with Gasteiger partial charge in [-0.3, -0.25) is 0 Å². The van der Waals surface area contributed by atoms with Gasteiger partial charge in [0.2, 0.25) is 0 Å². The number of carboxylic acids is 1. The minimum atomic E-state index is -0.999. The fraction of sp³-hybridized carbons (Fsp3) is 0.310. The Labute approximate surface area is 248 Å². The Morgan fingerprint density at radius 1 is 0.850 bits per heavy atom. The number of amides is 2. The predicted octanol–water partition coefficient (Wildman–Crippen LogP) is 7.06. The van der Waals surface area contributed by atoms with Crippen molar-refractivity contribution in [2.45, 2.75) is 25.9 Å². The summed E-state index contributed by atoms with van der Waals surface area (Å²) in [6.07, 6.45) is -0.0902. The highest BCUT2D eigenvalue weighted by Gasteiger charge is 2.18. The Hall–Kier alpha value is -3.17. The van der Waals surface area contributed by atoms with Crippen molar-refractivity contribution in [1.29, 1.82) is 0 Å². The molecular weight excluding hydrogens is 579 g/mol. The lowest BCUT2D eigenvalue weighted by Gasteiger charge is -2.23. The van der Waals surface area contributed by atoms with Gasteiger partial charge >= 0.3 is 12.0 Å². The standard InChI is InChI=1S/C29H31Cl3N2O6/c1-2-38-27(28(35)36)16-20-4-10-25(11-5-20)40-15-13-34(29(37)33-24-8-6-21(30)7-9-24)12-3-14-39-26-18-22(31)17-23(32)19-26/h4-11,17-19,27H,2-3,12-16H2,1H3,(H,33,37)(H,35,36). The van der Waals surface area contributed by atoms with Gasteiger partial charge in [0, 0.05) is 40.3 Å². The number of aliphatic carboxylic acids is 1. The first-order chi connectivity index (χ1) is 19.2. The zero-order valence-corrected chi connectivity index (χ0v) is 24.2. The van der Waals surface area contributed by atoms with Crippen molar-refractivity contribution in [2.75, 3.05) is 38.2 Å². The molecule has 0 saturated carbocycles. The second-order valence-corrected chi connectivity index (χ2v) is 10.0. The predicted molar refractivity (Wildman–Crippen MR) is 157 cm³/mol. The second-order valence-electron chi connectivity index (χ2n) is 8.71. The van der Waals surface area contributed by atoms with Gasteiger partial charge in [-0.05, 0) is 73.5 Å². The van der Waals surface area contributed by atoms with Crippen LogP contribution in [0.15, 0.2) is 66.7 Å². The van der Waals surface area contributed by atoms with E-state index in [1.807, 2.05) is 0 Å². The van der Waals surface area contributed by atoms with Gasteiger partial charge in [0.1, 0.15) is 18.1 Å². The minimum absolute atomic E-state index is 0.245. The highest BCUT2D eigenvalue weighted by Crippen LogP contribution is 2.24. The monoisotopic (exact) mass is 608 g/mol. The molecule has 8 nitrogen and oxygen atoms in total. The molecule has 3 rings (SSSR count). The van der Waals surface area contributed by atoms with Crippen LogP contribution in [-0.4, -0.2) is 61.0 Å². The van der Waals surface area contributed by atoms with Crippen LogP contribution >= 0.6 is 34.8 Å². The van der Waals surface area contributed by atoms with Crippen molar-refractivity contribution < 1.29 is 28.9 Å². The molecule has 0 saturated heterocycles. The zero-order valence-electron chi connectivity index (χ0n) is 21.9. The van der Waals surface area contributed by atoms with Crippen LogP contribution in [0.25, 0.3) is 0 Å². The van der Waals surface area contributed by atoms with Crippen LogP contribution in [-0.2, 0) is 16.0 Å². The molecule has 1 atom stereocenters. The van der Waals surface area contributed by atoms with Crippen molar-refractivity contribution in [3.05, 3.63) is 87.4 Å². The normalized spacial score (nSPS) is 11.5. The number of hydrogen-bond acceptors (Lipinski definition) is 5. The fourth-order valence-corrected chi connectivity index (χ4v) is 4.37. The van der Waals surface area contributed by atoms with Gasteiger partial charge in [-0.15, -0.1) is 0 Å². The van der Waals surface area contributed by atoms with E-state index in [9.17, 15) is 14.7 Å². The van der Waals surface area contributed by atoms with E-state index < -0.39 is 12.1 Å². The van der Waals surface area contributed by atoms with Gasteiger partial charge in [-0.25, -0.2) is 9.59 Å². The summed E-state index contributed by atoms with van der Waals surface area (Å²) in [4.78, 5) is 26.0.